The standard InChI is InChI=1S/C43H66N6O12S/c1-13-29(47-57-21-30-16-15-28(19-45-30)38-46-41(44)48-62-38)20-56-37-24(5)33(51)22(3)18-42(9,54)36(25(6)34(52)26(7)39(53)60-32(14-2)43(37,10)55)61-40-35(59-27(8)50)31(49(11)12)17-23(4)58-40/h15-16,19,22-26,31-32,35-37,40,54-55H,13-14,17-18,20-21H2,1-12H3,(H2,44,48)/b47-29-/t22-,23-,24+,25+,26-,31+,32-,35-,36-,37-,40+,42-,43-/m1/s1. The number of ketones is 2. The number of cyclic esters (lactones) is 1. The molecule has 0 aromatic carbocycles. The average Bonchev–Trinajstić information content (AvgIpc) is 3.65. The molecule has 4 heterocycles. The third-order valence-electron chi connectivity index (χ3n) is 11.9. The van der Waals surface area contributed by atoms with Crippen molar-refractivity contribution in [3.8, 4) is 10.6 Å². The number of rotatable bonds is 13. The summed E-state index contributed by atoms with van der Waals surface area (Å²) < 4.78 is 34.7. The van der Waals surface area contributed by atoms with Crippen LogP contribution in [0.1, 0.15) is 101 Å². The van der Waals surface area contributed by atoms with Gasteiger partial charge in [0.05, 0.1) is 48.0 Å². The minimum absolute atomic E-state index is 0.0378. The highest BCUT2D eigenvalue weighted by atomic mass is 32.1. The number of nitrogens with two attached hydrogens (primary N) is 1. The molecule has 19 heteroatoms. The first-order chi connectivity index (χ1) is 29.0. The van der Waals surface area contributed by atoms with E-state index in [1.165, 1.54) is 34.6 Å². The van der Waals surface area contributed by atoms with Crippen LogP contribution >= 0.6 is 11.5 Å². The van der Waals surface area contributed by atoms with Gasteiger partial charge >= 0.3 is 11.9 Å². The first-order valence-corrected chi connectivity index (χ1v) is 22.0. The number of aromatic nitrogens is 3. The van der Waals surface area contributed by atoms with E-state index in [-0.39, 0.29) is 49.9 Å². The van der Waals surface area contributed by atoms with Crippen LogP contribution in [0.15, 0.2) is 23.5 Å². The molecular weight excluding hydrogens is 825 g/mol. The Morgan fingerprint density at radius 3 is 2.29 bits per heavy atom. The number of ether oxygens (including phenoxy) is 5. The van der Waals surface area contributed by atoms with Gasteiger partial charge in [-0.1, -0.05) is 39.8 Å². The fraction of sp³-hybridized carbons (Fsp3) is 0.721. The Morgan fingerprint density at radius 2 is 1.73 bits per heavy atom. The number of Topliss-reactive ketones (excluding diaryl/α,β-unsaturated/α-hetero) is 2. The zero-order chi connectivity index (χ0) is 46.3. The maximum Gasteiger partial charge on any atom is 0.316 e. The summed E-state index contributed by atoms with van der Waals surface area (Å²) in [5.41, 5.74) is 3.61. The van der Waals surface area contributed by atoms with E-state index in [1.807, 2.05) is 38.9 Å². The van der Waals surface area contributed by atoms with E-state index >= 15 is 0 Å². The van der Waals surface area contributed by atoms with E-state index in [1.54, 1.807) is 33.0 Å². The molecule has 13 atom stereocenters. The van der Waals surface area contributed by atoms with Gasteiger partial charge in [0.15, 0.2) is 24.8 Å². The summed E-state index contributed by atoms with van der Waals surface area (Å²) in [6.07, 6.45) is -3.86. The minimum Gasteiger partial charge on any atom is -0.459 e. The lowest BCUT2D eigenvalue weighted by Crippen LogP contribution is -2.60. The number of hydrogen-bond donors (Lipinski definition) is 3. The summed E-state index contributed by atoms with van der Waals surface area (Å²) in [5, 5.41) is 29.5. The monoisotopic (exact) mass is 890 g/mol. The highest BCUT2D eigenvalue weighted by molar-refractivity contribution is 7.09. The predicted octanol–water partition coefficient (Wildman–Crippen LogP) is 4.14. The molecule has 0 radical (unpaired) electrons. The Balaban J connectivity index is 1.63. The third-order valence-corrected chi connectivity index (χ3v) is 12.6. The number of likely N-dealkylation sites (N-methyl/N-ethyl adjacent to an activating group) is 1. The second kappa shape index (κ2) is 21.6. The molecule has 0 amide bonds. The van der Waals surface area contributed by atoms with Gasteiger partial charge in [0.25, 0.3) is 0 Å². The first-order valence-electron chi connectivity index (χ1n) is 21.2. The van der Waals surface area contributed by atoms with Crippen molar-refractivity contribution in [3.63, 3.8) is 0 Å². The SMILES string of the molecule is CC/C(CO[C@@H]1[C@@H](C)C(=O)[C@H](C)C[C@@](C)(O)[C@H](O[C@@H]2O[C@H](C)C[C@H](N(C)C)[C@H]2OC(C)=O)[C@@H](C)C(=O)[C@@H](C)C(=O)O[C@H](CC)[C@@]1(C)O)=N/OCc1ccc(-c2nc(N)ns2)cn1. The second-order valence-corrected chi connectivity index (χ2v) is 18.1. The minimum atomic E-state index is -1.95. The van der Waals surface area contributed by atoms with Crippen molar-refractivity contribution < 1.29 is 57.9 Å². The van der Waals surface area contributed by atoms with E-state index in [9.17, 15) is 29.4 Å². The highest BCUT2D eigenvalue weighted by Crippen LogP contribution is 2.38. The third kappa shape index (κ3) is 12.4. The molecule has 346 valence electrons. The summed E-state index contributed by atoms with van der Waals surface area (Å²) >= 11 is 1.16. The summed E-state index contributed by atoms with van der Waals surface area (Å²) in [6.45, 7) is 15.6. The number of hydrogen-bond acceptors (Lipinski definition) is 19. The summed E-state index contributed by atoms with van der Waals surface area (Å²) in [5.74, 6) is -6.65. The van der Waals surface area contributed by atoms with Crippen molar-refractivity contribution >= 4 is 46.7 Å². The molecule has 2 saturated heterocycles. The fourth-order valence-electron chi connectivity index (χ4n) is 8.42. The normalized spacial score (nSPS) is 34.4. The number of esters is 2. The molecule has 2 aromatic heterocycles. The van der Waals surface area contributed by atoms with Gasteiger partial charge in [0.2, 0.25) is 5.95 Å². The van der Waals surface area contributed by atoms with Gasteiger partial charge in [-0.05, 0) is 91.1 Å². The van der Waals surface area contributed by atoms with Crippen LogP contribution in [0.2, 0.25) is 0 Å². The Kier molecular flexibility index (Phi) is 17.6. The lowest BCUT2D eigenvalue weighted by molar-refractivity contribution is -0.295. The van der Waals surface area contributed by atoms with E-state index < -0.39 is 83.3 Å². The predicted molar refractivity (Wildman–Crippen MR) is 229 cm³/mol. The molecule has 2 fully saturated rings. The summed E-state index contributed by atoms with van der Waals surface area (Å²) in [4.78, 5) is 70.9. The van der Waals surface area contributed by atoms with Gasteiger partial charge in [-0.3, -0.25) is 24.2 Å². The number of nitrogen functional groups attached to an aromatic ring is 1. The van der Waals surface area contributed by atoms with Gasteiger partial charge in [0, 0.05) is 36.4 Å². The van der Waals surface area contributed by atoms with Crippen LogP contribution in [0.25, 0.3) is 10.6 Å². The quantitative estimate of drug-likeness (QED) is 0.111. The van der Waals surface area contributed by atoms with Crippen molar-refractivity contribution in [3.05, 3.63) is 24.0 Å². The Morgan fingerprint density at radius 1 is 1.05 bits per heavy atom. The van der Waals surface area contributed by atoms with Gasteiger partial charge in [-0.2, -0.15) is 9.36 Å². The molecule has 4 rings (SSSR count). The van der Waals surface area contributed by atoms with Gasteiger partial charge in [-0.25, -0.2) is 0 Å². The van der Waals surface area contributed by atoms with Crippen molar-refractivity contribution in [2.75, 3.05) is 26.4 Å². The number of pyridine rings is 1. The number of carbonyl (C=O) groups excluding carboxylic acids is 4. The number of anilines is 1. The molecule has 2 aromatic rings. The Hall–Kier alpha value is -3.98. The molecule has 62 heavy (non-hydrogen) atoms. The second-order valence-electron chi connectivity index (χ2n) is 17.4. The lowest BCUT2D eigenvalue weighted by Gasteiger charge is -2.47. The molecule has 18 nitrogen and oxygen atoms in total. The Labute approximate surface area is 368 Å². The number of nitrogens with zero attached hydrogens (tertiary/aromatic N) is 5. The van der Waals surface area contributed by atoms with Gasteiger partial charge in [-0.15, -0.1) is 0 Å². The van der Waals surface area contributed by atoms with Crippen LogP contribution in [0.5, 0.6) is 0 Å². The van der Waals surface area contributed by atoms with Crippen molar-refractivity contribution in [1.29, 1.82) is 0 Å². The fourth-order valence-corrected chi connectivity index (χ4v) is 9.00. The van der Waals surface area contributed by atoms with Crippen molar-refractivity contribution in [2.24, 2.45) is 28.8 Å². The van der Waals surface area contributed by atoms with E-state index in [0.29, 0.717) is 29.3 Å². The number of carbonyl (C=O) groups is 4. The molecule has 2 aliphatic rings. The van der Waals surface area contributed by atoms with Crippen LogP contribution in [-0.2, 0) is 54.3 Å². The zero-order valence-corrected chi connectivity index (χ0v) is 38.8. The maximum absolute atomic E-state index is 14.5. The summed E-state index contributed by atoms with van der Waals surface area (Å²) in [7, 11) is 3.67. The molecule has 0 bridgehead atoms. The topological polar surface area (TPSA) is 244 Å². The number of aliphatic hydroxyl groups is 2. The van der Waals surface area contributed by atoms with E-state index in [4.69, 9.17) is 34.3 Å². The lowest BCUT2D eigenvalue weighted by atomic mass is 9.74. The molecule has 0 spiro atoms. The van der Waals surface area contributed by atoms with Gasteiger partial charge < -0.3 is 49.4 Å². The molecule has 4 N–H and O–H groups in total. The van der Waals surface area contributed by atoms with Crippen LogP contribution in [0.4, 0.5) is 5.95 Å². The molecule has 0 unspecified atom stereocenters. The molecular formula is C43H66N6O12S. The molecule has 0 aliphatic carbocycles. The zero-order valence-electron chi connectivity index (χ0n) is 38.0. The first kappa shape index (κ1) is 50.7. The Bertz CT molecular complexity index is 1870. The summed E-state index contributed by atoms with van der Waals surface area (Å²) in [6, 6.07) is 3.26. The van der Waals surface area contributed by atoms with Crippen LogP contribution in [-0.4, -0.2) is 133 Å². The van der Waals surface area contributed by atoms with Crippen LogP contribution in [0.3, 0.4) is 0 Å². The van der Waals surface area contributed by atoms with Crippen molar-refractivity contribution in [1.82, 2.24) is 19.2 Å². The van der Waals surface area contributed by atoms with E-state index in [0.717, 1.165) is 17.1 Å². The smallest absolute Gasteiger partial charge is 0.316 e. The van der Waals surface area contributed by atoms with Gasteiger partial charge in [0.1, 0.15) is 28.4 Å². The number of oxime groups is 1. The largest absolute Gasteiger partial charge is 0.459 e. The van der Waals surface area contributed by atoms with Crippen LogP contribution < -0.4 is 5.73 Å². The molecule has 2 aliphatic heterocycles. The average molecular weight is 891 g/mol. The highest BCUT2D eigenvalue weighted by Gasteiger charge is 2.52. The van der Waals surface area contributed by atoms with E-state index in [2.05, 4.69) is 19.5 Å². The maximum atomic E-state index is 14.5. The van der Waals surface area contributed by atoms with Crippen molar-refractivity contribution in [2.45, 2.75) is 156 Å². The molecule has 0 saturated carbocycles. The van der Waals surface area contributed by atoms with Crippen LogP contribution in [0, 0.1) is 23.7 Å².